The predicted octanol–water partition coefficient (Wildman–Crippen LogP) is 2.17. The first kappa shape index (κ1) is 14.1. The molecule has 2 rings (SSSR count). The Morgan fingerprint density at radius 3 is 3.16 bits per heavy atom. The molecule has 1 aromatic carbocycles. The van der Waals surface area contributed by atoms with Crippen molar-refractivity contribution in [2.45, 2.75) is 24.6 Å². The summed E-state index contributed by atoms with van der Waals surface area (Å²) in [6.45, 7) is 3.60. The zero-order valence-corrected chi connectivity index (χ0v) is 12.2. The predicted molar refractivity (Wildman–Crippen MR) is 81.9 cm³/mol. The Bertz CT molecular complexity index is 450. The van der Waals surface area contributed by atoms with E-state index in [1.54, 1.807) is 11.8 Å². The molecule has 1 aromatic rings. The number of benzene rings is 1. The number of nitrogens with zero attached hydrogens (tertiary/aromatic N) is 1. The molecule has 1 heterocycles. The van der Waals surface area contributed by atoms with Gasteiger partial charge in [-0.15, -0.1) is 0 Å². The van der Waals surface area contributed by atoms with Gasteiger partial charge in [0.2, 0.25) is 0 Å². The van der Waals surface area contributed by atoms with Crippen LogP contribution in [0.4, 0.5) is 0 Å². The van der Waals surface area contributed by atoms with Crippen molar-refractivity contribution >= 4 is 17.7 Å². The topological polar surface area (TPSA) is 59.6 Å². The highest BCUT2D eigenvalue weighted by Crippen LogP contribution is 2.31. The lowest BCUT2D eigenvalue weighted by Crippen LogP contribution is -2.37. The van der Waals surface area contributed by atoms with Gasteiger partial charge in [-0.1, -0.05) is 25.1 Å². The van der Waals surface area contributed by atoms with Crippen LogP contribution in [0.1, 0.15) is 24.9 Å². The van der Waals surface area contributed by atoms with E-state index in [4.69, 9.17) is 10.5 Å². The van der Waals surface area contributed by atoms with E-state index in [-0.39, 0.29) is 6.04 Å². The van der Waals surface area contributed by atoms with E-state index >= 15 is 0 Å². The van der Waals surface area contributed by atoms with Crippen LogP contribution in [0.3, 0.4) is 0 Å². The summed E-state index contributed by atoms with van der Waals surface area (Å²) in [6.07, 6.45) is 2.99. The molecule has 2 atom stereocenters. The number of rotatable bonds is 4. The summed E-state index contributed by atoms with van der Waals surface area (Å²) in [6, 6.07) is 8.26. The van der Waals surface area contributed by atoms with Gasteiger partial charge in [0.15, 0.2) is 5.96 Å². The summed E-state index contributed by atoms with van der Waals surface area (Å²) in [5.41, 5.74) is 7.11. The third-order valence-corrected chi connectivity index (χ3v) is 4.16. The third kappa shape index (κ3) is 3.80. The zero-order chi connectivity index (χ0) is 13.7. The van der Waals surface area contributed by atoms with Gasteiger partial charge in [0.1, 0.15) is 5.75 Å². The molecule has 0 aliphatic carbocycles. The Balaban J connectivity index is 2.00. The minimum Gasteiger partial charge on any atom is -0.493 e. The molecule has 4 nitrogen and oxygen atoms in total. The van der Waals surface area contributed by atoms with Gasteiger partial charge in [-0.25, -0.2) is 0 Å². The first-order valence-electron chi connectivity index (χ1n) is 6.51. The van der Waals surface area contributed by atoms with Crippen molar-refractivity contribution in [1.29, 1.82) is 0 Å². The van der Waals surface area contributed by atoms with E-state index in [0.29, 0.717) is 17.8 Å². The van der Waals surface area contributed by atoms with Crippen molar-refractivity contribution in [2.75, 3.05) is 19.4 Å². The SMILES string of the molecule is CSC(C)CN=C(N)NC1CCOc2ccccc21. The summed E-state index contributed by atoms with van der Waals surface area (Å²) in [7, 11) is 0. The molecular weight excluding hydrogens is 258 g/mol. The van der Waals surface area contributed by atoms with Crippen LogP contribution in [0.15, 0.2) is 29.3 Å². The number of hydrogen-bond donors (Lipinski definition) is 2. The summed E-state index contributed by atoms with van der Waals surface area (Å²) < 4.78 is 5.63. The maximum absolute atomic E-state index is 5.95. The van der Waals surface area contributed by atoms with Crippen molar-refractivity contribution in [3.8, 4) is 5.75 Å². The van der Waals surface area contributed by atoms with Crippen molar-refractivity contribution < 1.29 is 4.74 Å². The number of thioether (sulfide) groups is 1. The lowest BCUT2D eigenvalue weighted by molar-refractivity contribution is 0.262. The van der Waals surface area contributed by atoms with Crippen LogP contribution in [-0.2, 0) is 0 Å². The second kappa shape index (κ2) is 6.70. The van der Waals surface area contributed by atoms with Crippen LogP contribution < -0.4 is 15.8 Å². The highest BCUT2D eigenvalue weighted by Gasteiger charge is 2.21. The number of nitrogens with one attached hydrogen (secondary N) is 1. The van der Waals surface area contributed by atoms with Gasteiger partial charge < -0.3 is 15.8 Å². The van der Waals surface area contributed by atoms with Gasteiger partial charge in [0, 0.05) is 17.2 Å². The minimum absolute atomic E-state index is 0.193. The lowest BCUT2D eigenvalue weighted by Gasteiger charge is -2.27. The first-order valence-corrected chi connectivity index (χ1v) is 7.80. The van der Waals surface area contributed by atoms with Crippen LogP contribution in [-0.4, -0.2) is 30.6 Å². The molecule has 3 N–H and O–H groups in total. The van der Waals surface area contributed by atoms with Crippen LogP contribution in [0.25, 0.3) is 0 Å². The Labute approximate surface area is 118 Å². The van der Waals surface area contributed by atoms with Crippen molar-refractivity contribution in [2.24, 2.45) is 10.7 Å². The van der Waals surface area contributed by atoms with Crippen LogP contribution >= 0.6 is 11.8 Å². The average Bonchev–Trinajstić information content (AvgIpc) is 2.45. The summed E-state index contributed by atoms with van der Waals surface area (Å²) in [5, 5.41) is 3.78. The van der Waals surface area contributed by atoms with Gasteiger partial charge in [-0.3, -0.25) is 4.99 Å². The number of fused-ring (bicyclic) bond motifs is 1. The molecule has 0 radical (unpaired) electrons. The van der Waals surface area contributed by atoms with E-state index in [1.165, 1.54) is 0 Å². The third-order valence-electron chi connectivity index (χ3n) is 3.20. The van der Waals surface area contributed by atoms with E-state index in [2.05, 4.69) is 29.6 Å². The fraction of sp³-hybridized carbons (Fsp3) is 0.500. The largest absolute Gasteiger partial charge is 0.493 e. The molecular formula is C14H21N3OS. The highest BCUT2D eigenvalue weighted by molar-refractivity contribution is 7.99. The molecule has 0 saturated carbocycles. The van der Waals surface area contributed by atoms with Crippen LogP contribution in [0.2, 0.25) is 0 Å². The number of guanidine groups is 1. The van der Waals surface area contributed by atoms with Crippen molar-refractivity contribution in [3.63, 3.8) is 0 Å². The van der Waals surface area contributed by atoms with Gasteiger partial charge in [0.25, 0.3) is 0 Å². The Morgan fingerprint density at radius 1 is 1.58 bits per heavy atom. The number of nitrogens with two attached hydrogens (primary N) is 1. The number of ether oxygens (including phenoxy) is 1. The fourth-order valence-electron chi connectivity index (χ4n) is 2.02. The molecule has 0 amide bonds. The summed E-state index contributed by atoms with van der Waals surface area (Å²) >= 11 is 1.79. The second-order valence-electron chi connectivity index (χ2n) is 4.64. The molecule has 1 aliphatic rings. The molecule has 0 aromatic heterocycles. The Kier molecular flexibility index (Phi) is 4.96. The van der Waals surface area contributed by atoms with E-state index in [0.717, 1.165) is 24.3 Å². The van der Waals surface area contributed by atoms with E-state index in [9.17, 15) is 0 Å². The zero-order valence-electron chi connectivity index (χ0n) is 11.4. The molecule has 19 heavy (non-hydrogen) atoms. The maximum atomic E-state index is 5.95. The Morgan fingerprint density at radius 2 is 2.37 bits per heavy atom. The molecule has 1 aliphatic heterocycles. The molecule has 0 bridgehead atoms. The second-order valence-corrected chi connectivity index (χ2v) is 5.92. The molecule has 0 spiro atoms. The minimum atomic E-state index is 0.193. The molecule has 104 valence electrons. The van der Waals surface area contributed by atoms with E-state index < -0.39 is 0 Å². The van der Waals surface area contributed by atoms with Gasteiger partial charge in [-0.05, 0) is 12.3 Å². The van der Waals surface area contributed by atoms with E-state index in [1.807, 2.05) is 18.2 Å². The van der Waals surface area contributed by atoms with Gasteiger partial charge in [-0.2, -0.15) is 11.8 Å². The van der Waals surface area contributed by atoms with Gasteiger partial charge in [0.05, 0.1) is 19.2 Å². The Hall–Kier alpha value is -1.36. The van der Waals surface area contributed by atoms with Crippen molar-refractivity contribution in [3.05, 3.63) is 29.8 Å². The van der Waals surface area contributed by atoms with Crippen molar-refractivity contribution in [1.82, 2.24) is 5.32 Å². The number of aliphatic imine (C=N–C) groups is 1. The van der Waals surface area contributed by atoms with Crippen LogP contribution in [0.5, 0.6) is 5.75 Å². The number of para-hydroxylation sites is 1. The molecule has 0 saturated heterocycles. The molecule has 2 unspecified atom stereocenters. The average molecular weight is 279 g/mol. The quantitative estimate of drug-likeness (QED) is 0.655. The smallest absolute Gasteiger partial charge is 0.189 e. The number of hydrogen-bond acceptors (Lipinski definition) is 3. The maximum Gasteiger partial charge on any atom is 0.189 e. The normalized spacial score (nSPS) is 20.3. The summed E-state index contributed by atoms with van der Waals surface area (Å²) in [5.74, 6) is 1.46. The first-order chi connectivity index (χ1) is 9.20. The van der Waals surface area contributed by atoms with Gasteiger partial charge >= 0.3 is 0 Å². The lowest BCUT2D eigenvalue weighted by atomic mass is 10.0. The molecule has 5 heteroatoms. The fourth-order valence-corrected chi connectivity index (χ4v) is 2.24. The van der Waals surface area contributed by atoms with Crippen LogP contribution in [0, 0.1) is 0 Å². The standard InChI is InChI=1S/C14H21N3OS/c1-10(19-2)9-16-14(15)17-12-7-8-18-13-6-4-3-5-11(12)13/h3-6,10,12H,7-9H2,1-2H3,(H3,15,16,17). The summed E-state index contributed by atoms with van der Waals surface area (Å²) in [4.78, 5) is 4.38. The highest BCUT2D eigenvalue weighted by atomic mass is 32.2. The monoisotopic (exact) mass is 279 g/mol. The molecule has 0 fully saturated rings.